The van der Waals surface area contributed by atoms with Crippen LogP contribution in [0.4, 0.5) is 14.5 Å². The summed E-state index contributed by atoms with van der Waals surface area (Å²) in [5.74, 6) is -2.93. The summed E-state index contributed by atoms with van der Waals surface area (Å²) in [5, 5.41) is 3.43. The first-order chi connectivity index (χ1) is 10.00. The van der Waals surface area contributed by atoms with E-state index in [0.717, 1.165) is 19.4 Å². The van der Waals surface area contributed by atoms with Crippen molar-refractivity contribution in [2.75, 3.05) is 24.5 Å². The molecule has 2 fully saturated rings. The summed E-state index contributed by atoms with van der Waals surface area (Å²) < 4.78 is 49.4. The monoisotopic (exact) mass is 316 g/mol. The van der Waals surface area contributed by atoms with Crippen LogP contribution < -0.4 is 10.2 Å². The summed E-state index contributed by atoms with van der Waals surface area (Å²) in [5.41, 5.74) is 0.406. The first-order valence-corrected chi connectivity index (χ1v) is 8.64. The Kier molecular flexibility index (Phi) is 3.88. The maximum atomic E-state index is 12.8. The molecule has 2 aliphatic heterocycles. The largest absolute Gasteiger partial charge is 0.370 e. The maximum absolute atomic E-state index is 12.8. The van der Waals surface area contributed by atoms with Crippen LogP contribution in [0.3, 0.4) is 0 Å². The molecule has 0 radical (unpaired) electrons. The second-order valence-electron chi connectivity index (χ2n) is 5.62. The molecule has 2 saturated heterocycles. The number of anilines is 1. The van der Waals surface area contributed by atoms with Gasteiger partial charge in [-0.25, -0.2) is 8.42 Å². The molecule has 1 N–H and O–H groups in total. The summed E-state index contributed by atoms with van der Waals surface area (Å²) in [6, 6.07) is 6.55. The molecular formula is C14H18F2N2O2S. The quantitative estimate of drug-likeness (QED) is 0.925. The molecule has 0 amide bonds. The number of rotatable bonds is 3. The lowest BCUT2D eigenvalue weighted by atomic mass is 9.93. The topological polar surface area (TPSA) is 49.4 Å². The predicted molar refractivity (Wildman–Crippen MR) is 76.4 cm³/mol. The van der Waals surface area contributed by atoms with Gasteiger partial charge in [0.2, 0.25) is 9.84 Å². The van der Waals surface area contributed by atoms with E-state index in [0.29, 0.717) is 30.7 Å². The van der Waals surface area contributed by atoms with Crippen LogP contribution >= 0.6 is 0 Å². The summed E-state index contributed by atoms with van der Waals surface area (Å²) in [6.07, 6.45) is 1.96. The molecule has 0 aliphatic carbocycles. The number of para-hydroxylation sites is 1. The van der Waals surface area contributed by atoms with E-state index in [4.69, 9.17) is 0 Å². The molecule has 2 atom stereocenters. The number of nitrogens with zero attached hydrogens (tertiary/aromatic N) is 1. The maximum Gasteiger partial charge on any atom is 0.341 e. The van der Waals surface area contributed by atoms with Crippen molar-refractivity contribution in [2.24, 2.45) is 5.92 Å². The third-order valence-corrected chi connectivity index (χ3v) is 5.83. The van der Waals surface area contributed by atoms with Crippen molar-refractivity contribution in [3.8, 4) is 0 Å². The number of piperidine rings is 1. The third-order valence-electron chi connectivity index (χ3n) is 4.40. The Bertz CT molecular complexity index is 621. The van der Waals surface area contributed by atoms with Gasteiger partial charge in [-0.2, -0.15) is 8.78 Å². The zero-order valence-corrected chi connectivity index (χ0v) is 12.3. The average Bonchev–Trinajstić information content (AvgIpc) is 2.94. The van der Waals surface area contributed by atoms with Crippen LogP contribution in [0.15, 0.2) is 29.2 Å². The second kappa shape index (κ2) is 5.53. The summed E-state index contributed by atoms with van der Waals surface area (Å²) >= 11 is 0. The lowest BCUT2D eigenvalue weighted by Gasteiger charge is -2.37. The van der Waals surface area contributed by atoms with E-state index < -0.39 is 15.6 Å². The van der Waals surface area contributed by atoms with Gasteiger partial charge in [0.1, 0.15) is 0 Å². The van der Waals surface area contributed by atoms with Crippen molar-refractivity contribution in [2.45, 2.75) is 29.5 Å². The van der Waals surface area contributed by atoms with Crippen molar-refractivity contribution >= 4 is 15.5 Å². The minimum atomic E-state index is -4.57. The number of benzene rings is 1. The molecule has 3 rings (SSSR count). The smallest absolute Gasteiger partial charge is 0.341 e. The molecule has 2 heterocycles. The van der Waals surface area contributed by atoms with Crippen molar-refractivity contribution in [3.05, 3.63) is 24.3 Å². The summed E-state index contributed by atoms with van der Waals surface area (Å²) in [6.45, 7) is 2.37. The Hall–Kier alpha value is -1.21. The predicted octanol–water partition coefficient (Wildman–Crippen LogP) is 1.87. The van der Waals surface area contributed by atoms with Crippen molar-refractivity contribution in [1.82, 2.24) is 5.32 Å². The highest BCUT2D eigenvalue weighted by atomic mass is 32.2. The highest BCUT2D eigenvalue weighted by Crippen LogP contribution is 2.33. The molecular weight excluding hydrogens is 298 g/mol. The van der Waals surface area contributed by atoms with Gasteiger partial charge in [-0.05, 0) is 37.4 Å². The van der Waals surface area contributed by atoms with Crippen LogP contribution in [0.5, 0.6) is 0 Å². The van der Waals surface area contributed by atoms with Crippen LogP contribution in [-0.2, 0) is 9.84 Å². The number of halogens is 2. The fourth-order valence-corrected chi connectivity index (χ4v) is 4.27. The number of fused-ring (bicyclic) bond motifs is 1. The number of sulfone groups is 1. The lowest BCUT2D eigenvalue weighted by molar-refractivity contribution is 0.234. The van der Waals surface area contributed by atoms with Gasteiger partial charge in [-0.3, -0.25) is 0 Å². The van der Waals surface area contributed by atoms with E-state index in [1.807, 2.05) is 4.90 Å². The van der Waals surface area contributed by atoms with Crippen LogP contribution in [-0.4, -0.2) is 39.9 Å². The van der Waals surface area contributed by atoms with Gasteiger partial charge < -0.3 is 10.2 Å². The van der Waals surface area contributed by atoms with E-state index in [1.54, 1.807) is 12.1 Å². The van der Waals surface area contributed by atoms with E-state index in [2.05, 4.69) is 5.32 Å². The molecule has 116 valence electrons. The minimum Gasteiger partial charge on any atom is -0.370 e. The normalized spacial score (nSPS) is 26.1. The molecule has 0 bridgehead atoms. The molecule has 2 aliphatic rings. The number of hydrogen-bond donors (Lipinski definition) is 1. The van der Waals surface area contributed by atoms with E-state index >= 15 is 0 Å². The van der Waals surface area contributed by atoms with Crippen LogP contribution in [0.1, 0.15) is 12.8 Å². The average molecular weight is 316 g/mol. The standard InChI is InChI=1S/C14H18F2N2O2S/c15-14(16)21(19,20)13-4-2-1-3-12(13)18-8-6-11-10(9-18)5-7-17-11/h1-4,10-11,14,17H,5-9H2. The Morgan fingerprint density at radius 2 is 2.00 bits per heavy atom. The van der Waals surface area contributed by atoms with Crippen molar-refractivity contribution < 1.29 is 17.2 Å². The van der Waals surface area contributed by atoms with Gasteiger partial charge in [0, 0.05) is 19.1 Å². The number of nitrogens with one attached hydrogen (secondary N) is 1. The minimum absolute atomic E-state index is 0.260. The molecule has 7 heteroatoms. The third kappa shape index (κ3) is 2.64. The lowest BCUT2D eigenvalue weighted by Crippen LogP contribution is -2.44. The first kappa shape index (κ1) is 14.7. The SMILES string of the molecule is O=S(=O)(c1ccccc1N1CCC2NCCC2C1)C(F)F. The molecule has 0 spiro atoms. The zero-order chi connectivity index (χ0) is 15.0. The van der Waals surface area contributed by atoms with Crippen molar-refractivity contribution in [1.29, 1.82) is 0 Å². The molecule has 1 aromatic rings. The van der Waals surface area contributed by atoms with E-state index in [-0.39, 0.29) is 4.90 Å². The second-order valence-corrected chi connectivity index (χ2v) is 7.50. The number of hydrogen-bond acceptors (Lipinski definition) is 4. The summed E-state index contributed by atoms with van der Waals surface area (Å²) in [4.78, 5) is 1.67. The Labute approximate surface area is 123 Å². The number of alkyl halides is 2. The fourth-order valence-electron chi connectivity index (χ4n) is 3.32. The van der Waals surface area contributed by atoms with E-state index in [1.165, 1.54) is 12.1 Å². The molecule has 0 aromatic heterocycles. The van der Waals surface area contributed by atoms with Gasteiger partial charge in [0.05, 0.1) is 10.6 Å². The van der Waals surface area contributed by atoms with Gasteiger partial charge in [-0.1, -0.05) is 12.1 Å². The van der Waals surface area contributed by atoms with Crippen molar-refractivity contribution in [3.63, 3.8) is 0 Å². The summed E-state index contributed by atoms with van der Waals surface area (Å²) in [7, 11) is -4.57. The highest BCUT2D eigenvalue weighted by Gasteiger charge is 2.36. The van der Waals surface area contributed by atoms with Gasteiger partial charge in [-0.15, -0.1) is 0 Å². The van der Waals surface area contributed by atoms with Crippen LogP contribution in [0.25, 0.3) is 0 Å². The molecule has 4 nitrogen and oxygen atoms in total. The van der Waals surface area contributed by atoms with Gasteiger partial charge >= 0.3 is 5.76 Å². The van der Waals surface area contributed by atoms with Gasteiger partial charge in [0.15, 0.2) is 0 Å². The zero-order valence-electron chi connectivity index (χ0n) is 11.5. The molecule has 0 saturated carbocycles. The highest BCUT2D eigenvalue weighted by molar-refractivity contribution is 7.91. The van der Waals surface area contributed by atoms with Gasteiger partial charge in [0.25, 0.3) is 0 Å². The van der Waals surface area contributed by atoms with Crippen LogP contribution in [0.2, 0.25) is 0 Å². The van der Waals surface area contributed by atoms with E-state index in [9.17, 15) is 17.2 Å². The Morgan fingerprint density at radius 3 is 2.76 bits per heavy atom. The molecule has 2 unspecified atom stereocenters. The first-order valence-electron chi connectivity index (χ1n) is 7.09. The fraction of sp³-hybridized carbons (Fsp3) is 0.571. The Morgan fingerprint density at radius 1 is 1.24 bits per heavy atom. The molecule has 21 heavy (non-hydrogen) atoms. The van der Waals surface area contributed by atoms with Crippen LogP contribution in [0, 0.1) is 5.92 Å². The molecule has 1 aromatic carbocycles. The Balaban J connectivity index is 1.93.